The van der Waals surface area contributed by atoms with E-state index in [1.807, 2.05) is 19.1 Å². The minimum absolute atomic E-state index is 0.0300. The zero-order valence-electron chi connectivity index (χ0n) is 19.2. The van der Waals surface area contributed by atoms with Gasteiger partial charge in [0.2, 0.25) is 0 Å². The Labute approximate surface area is 202 Å². The molecule has 0 amide bonds. The number of hydrogen-bond acceptors (Lipinski definition) is 1. The highest BCUT2D eigenvalue weighted by atomic mass is 19.1. The van der Waals surface area contributed by atoms with E-state index in [4.69, 9.17) is 5.26 Å². The second-order valence-corrected chi connectivity index (χ2v) is 8.44. The first-order chi connectivity index (χ1) is 16.9. The molecule has 0 radical (unpaired) electrons. The maximum atomic E-state index is 15.2. The lowest BCUT2D eigenvalue weighted by Crippen LogP contribution is -1.98. The van der Waals surface area contributed by atoms with E-state index in [0.717, 1.165) is 0 Å². The van der Waals surface area contributed by atoms with Crippen molar-refractivity contribution in [1.29, 1.82) is 5.26 Å². The van der Waals surface area contributed by atoms with Gasteiger partial charge < -0.3 is 0 Å². The average molecular weight is 474 g/mol. The molecule has 4 rings (SSSR count). The second kappa shape index (κ2) is 10.6. The summed E-state index contributed by atoms with van der Waals surface area (Å²) in [6, 6.07) is 16.8. The predicted octanol–water partition coefficient (Wildman–Crippen LogP) is 8.23. The van der Waals surface area contributed by atoms with Gasteiger partial charge in [0.1, 0.15) is 29.3 Å². The molecule has 4 aromatic rings. The van der Waals surface area contributed by atoms with Crippen LogP contribution < -0.4 is 0 Å². The Balaban J connectivity index is 1.59. The van der Waals surface area contributed by atoms with Gasteiger partial charge in [-0.1, -0.05) is 42.5 Å². The van der Waals surface area contributed by atoms with E-state index in [1.165, 1.54) is 36.4 Å². The summed E-state index contributed by atoms with van der Waals surface area (Å²) in [4.78, 5) is 0. The molecule has 0 heterocycles. The fourth-order valence-corrected chi connectivity index (χ4v) is 4.23. The van der Waals surface area contributed by atoms with E-state index in [0.29, 0.717) is 58.7 Å². The van der Waals surface area contributed by atoms with Crippen molar-refractivity contribution >= 4 is 10.8 Å². The lowest BCUT2D eigenvalue weighted by Gasteiger charge is -2.11. The zero-order chi connectivity index (χ0) is 24.9. The van der Waals surface area contributed by atoms with E-state index in [1.54, 1.807) is 30.3 Å². The van der Waals surface area contributed by atoms with Gasteiger partial charge in [0.15, 0.2) is 0 Å². The van der Waals surface area contributed by atoms with Crippen LogP contribution in [-0.2, 0) is 19.3 Å². The van der Waals surface area contributed by atoms with Crippen molar-refractivity contribution in [3.8, 4) is 17.2 Å². The normalized spacial score (nSPS) is 11.3. The van der Waals surface area contributed by atoms with Crippen molar-refractivity contribution in [2.24, 2.45) is 0 Å². The van der Waals surface area contributed by atoms with Crippen LogP contribution in [0.2, 0.25) is 0 Å². The molecule has 0 aromatic heterocycles. The van der Waals surface area contributed by atoms with E-state index >= 15 is 4.39 Å². The third-order valence-electron chi connectivity index (χ3n) is 6.10. The van der Waals surface area contributed by atoms with Crippen molar-refractivity contribution in [3.63, 3.8) is 0 Å². The number of allylic oxidation sites excluding steroid dienone is 2. The summed E-state index contributed by atoms with van der Waals surface area (Å²) in [5, 5.41) is 9.73. The SMILES string of the molecule is C/C=C/CCc1cc(F)c(-c2ccc3c(F)c(CCc4ccc(C#N)c(F)c4)ccc3c2)c(F)c1. The molecule has 0 N–H and O–H groups in total. The summed E-state index contributed by atoms with van der Waals surface area (Å²) in [7, 11) is 0. The fourth-order valence-electron chi connectivity index (χ4n) is 4.23. The average Bonchev–Trinajstić information content (AvgIpc) is 2.83. The molecule has 1 nitrogen and oxygen atoms in total. The van der Waals surface area contributed by atoms with Gasteiger partial charge in [-0.05, 0) is 90.6 Å². The number of halogens is 4. The minimum Gasteiger partial charge on any atom is -0.206 e. The van der Waals surface area contributed by atoms with Gasteiger partial charge in [0.25, 0.3) is 0 Å². The molecule has 0 aliphatic heterocycles. The monoisotopic (exact) mass is 473 g/mol. The number of nitrogens with zero attached hydrogens (tertiary/aromatic N) is 1. The van der Waals surface area contributed by atoms with Crippen molar-refractivity contribution < 1.29 is 17.6 Å². The molecule has 35 heavy (non-hydrogen) atoms. The first kappa shape index (κ1) is 24.2. The first-order valence-electron chi connectivity index (χ1n) is 11.4. The standard InChI is InChI=1S/C30H23F4N/c1-2-3-4-5-20-15-27(32)29(28(33)16-20)23-12-13-25-22(17-23)11-10-21(30(25)34)8-6-19-7-9-24(18-35)26(31)14-19/h2-3,7,9-17H,4-6,8H2,1H3/b3-2+. The van der Waals surface area contributed by atoms with Crippen LogP contribution in [0.3, 0.4) is 0 Å². The van der Waals surface area contributed by atoms with Crippen molar-refractivity contribution in [2.45, 2.75) is 32.6 Å². The summed E-state index contributed by atoms with van der Waals surface area (Å²) in [5.74, 6) is -2.30. The van der Waals surface area contributed by atoms with E-state index in [9.17, 15) is 13.2 Å². The summed E-state index contributed by atoms with van der Waals surface area (Å²) < 4.78 is 58.7. The Morgan fingerprint density at radius 2 is 1.51 bits per heavy atom. The summed E-state index contributed by atoms with van der Waals surface area (Å²) in [6.45, 7) is 1.90. The van der Waals surface area contributed by atoms with Gasteiger partial charge in [-0.2, -0.15) is 5.26 Å². The highest BCUT2D eigenvalue weighted by molar-refractivity contribution is 5.88. The number of hydrogen-bond donors (Lipinski definition) is 0. The highest BCUT2D eigenvalue weighted by Gasteiger charge is 2.15. The third kappa shape index (κ3) is 5.27. The molecule has 0 saturated carbocycles. The molecular formula is C30H23F4N. The molecular weight excluding hydrogens is 450 g/mol. The Morgan fingerprint density at radius 1 is 0.771 bits per heavy atom. The van der Waals surface area contributed by atoms with E-state index in [2.05, 4.69) is 0 Å². The van der Waals surface area contributed by atoms with Crippen LogP contribution in [0.5, 0.6) is 0 Å². The molecule has 0 aliphatic carbocycles. The highest BCUT2D eigenvalue weighted by Crippen LogP contribution is 2.32. The Bertz CT molecular complexity index is 1440. The third-order valence-corrected chi connectivity index (χ3v) is 6.10. The molecule has 0 atom stereocenters. The topological polar surface area (TPSA) is 23.8 Å². The molecule has 0 bridgehead atoms. The number of rotatable bonds is 7. The van der Waals surface area contributed by atoms with Crippen LogP contribution in [0.15, 0.2) is 72.8 Å². The predicted molar refractivity (Wildman–Crippen MR) is 131 cm³/mol. The Morgan fingerprint density at radius 3 is 2.20 bits per heavy atom. The number of aryl methyl sites for hydroxylation is 3. The molecule has 0 fully saturated rings. The molecule has 5 heteroatoms. The summed E-state index contributed by atoms with van der Waals surface area (Å²) >= 11 is 0. The molecule has 0 spiro atoms. The molecule has 0 unspecified atom stereocenters. The largest absolute Gasteiger partial charge is 0.206 e. The molecule has 0 aliphatic rings. The van der Waals surface area contributed by atoms with Crippen LogP contribution in [0.1, 0.15) is 35.6 Å². The van der Waals surface area contributed by atoms with Gasteiger partial charge in [-0.15, -0.1) is 0 Å². The number of benzene rings is 4. The van der Waals surface area contributed by atoms with Crippen LogP contribution in [0.25, 0.3) is 21.9 Å². The molecule has 176 valence electrons. The summed E-state index contributed by atoms with van der Waals surface area (Å²) in [6.07, 6.45) is 5.82. The van der Waals surface area contributed by atoms with Gasteiger partial charge in [-0.3, -0.25) is 0 Å². The van der Waals surface area contributed by atoms with Gasteiger partial charge >= 0.3 is 0 Å². The van der Waals surface area contributed by atoms with Crippen LogP contribution in [0.4, 0.5) is 17.6 Å². The molecule has 0 saturated heterocycles. The zero-order valence-corrected chi connectivity index (χ0v) is 19.2. The van der Waals surface area contributed by atoms with Gasteiger partial charge in [0, 0.05) is 5.39 Å². The summed E-state index contributed by atoms with van der Waals surface area (Å²) in [5.41, 5.74) is 1.88. The smallest absolute Gasteiger partial charge is 0.141 e. The van der Waals surface area contributed by atoms with Crippen LogP contribution in [-0.4, -0.2) is 0 Å². The van der Waals surface area contributed by atoms with Gasteiger partial charge in [0.05, 0.1) is 11.1 Å². The van der Waals surface area contributed by atoms with Crippen molar-refractivity contribution in [3.05, 3.63) is 118 Å². The van der Waals surface area contributed by atoms with Gasteiger partial charge in [-0.25, -0.2) is 17.6 Å². The second-order valence-electron chi connectivity index (χ2n) is 8.44. The Hall–Kier alpha value is -3.91. The minimum atomic E-state index is -0.647. The fraction of sp³-hybridized carbons (Fsp3) is 0.167. The first-order valence-corrected chi connectivity index (χ1v) is 11.4. The van der Waals surface area contributed by atoms with Crippen LogP contribution >= 0.6 is 0 Å². The Kier molecular flexibility index (Phi) is 7.31. The molecule has 4 aromatic carbocycles. The van der Waals surface area contributed by atoms with Crippen molar-refractivity contribution in [2.75, 3.05) is 0 Å². The lowest BCUT2D eigenvalue weighted by molar-refractivity contribution is 0.586. The number of nitriles is 1. The quantitative estimate of drug-likeness (QED) is 0.196. The maximum Gasteiger partial charge on any atom is 0.141 e. The maximum absolute atomic E-state index is 15.2. The van der Waals surface area contributed by atoms with Crippen LogP contribution in [0, 0.1) is 34.6 Å². The van der Waals surface area contributed by atoms with Crippen molar-refractivity contribution in [1.82, 2.24) is 0 Å². The van der Waals surface area contributed by atoms with E-state index < -0.39 is 23.3 Å². The lowest BCUT2D eigenvalue weighted by atomic mass is 9.95. The number of fused-ring (bicyclic) bond motifs is 1. The van der Waals surface area contributed by atoms with E-state index in [-0.39, 0.29) is 11.1 Å².